The molecule has 206 valence electrons. The van der Waals surface area contributed by atoms with Crippen molar-refractivity contribution in [3.05, 3.63) is 88.6 Å². The predicted molar refractivity (Wildman–Crippen MR) is 159 cm³/mol. The molecule has 1 aliphatic carbocycles. The molecule has 8 heteroatoms. The zero-order valence-electron chi connectivity index (χ0n) is 22.9. The number of hydrogen-bond donors (Lipinski definition) is 2. The smallest absolute Gasteiger partial charge is 0.212 e. The van der Waals surface area contributed by atoms with E-state index in [1.807, 2.05) is 68.4 Å². The van der Waals surface area contributed by atoms with E-state index in [1.165, 1.54) is 0 Å². The van der Waals surface area contributed by atoms with Crippen LogP contribution in [0.1, 0.15) is 27.0 Å². The number of rotatable bonds is 5. The van der Waals surface area contributed by atoms with Gasteiger partial charge in [0.1, 0.15) is 5.75 Å². The van der Waals surface area contributed by atoms with Crippen LogP contribution in [0.2, 0.25) is 0 Å². The normalized spacial score (nSPS) is 18.5. The van der Waals surface area contributed by atoms with Gasteiger partial charge in [-0.3, -0.25) is 4.79 Å². The number of aliphatic imine (C=N–C) groups is 1. The van der Waals surface area contributed by atoms with Gasteiger partial charge in [0.2, 0.25) is 5.78 Å². The van der Waals surface area contributed by atoms with Crippen molar-refractivity contribution >= 4 is 34.2 Å². The van der Waals surface area contributed by atoms with Crippen LogP contribution in [0, 0.1) is 13.8 Å². The molecule has 6 rings (SSSR count). The van der Waals surface area contributed by atoms with Crippen LogP contribution in [-0.2, 0) is 9.47 Å². The van der Waals surface area contributed by atoms with Gasteiger partial charge in [-0.2, -0.15) is 0 Å². The quantitative estimate of drug-likeness (QED) is 0.473. The van der Waals surface area contributed by atoms with Gasteiger partial charge in [-0.15, -0.1) is 0 Å². The molecule has 2 N–H and O–H groups in total. The number of allylic oxidation sites excluding steroid dienone is 2. The lowest BCUT2D eigenvalue weighted by Crippen LogP contribution is -2.39. The minimum atomic E-state index is -0.177. The van der Waals surface area contributed by atoms with Crippen molar-refractivity contribution in [3.63, 3.8) is 0 Å². The summed E-state index contributed by atoms with van der Waals surface area (Å²) in [6, 6.07) is 17.8. The van der Waals surface area contributed by atoms with Crippen LogP contribution in [0.15, 0.2) is 71.4 Å². The first-order valence-electron chi connectivity index (χ1n) is 13.8. The van der Waals surface area contributed by atoms with Gasteiger partial charge in [0.15, 0.2) is 0 Å². The summed E-state index contributed by atoms with van der Waals surface area (Å²) in [6.45, 7) is 8.99. The van der Waals surface area contributed by atoms with Crippen molar-refractivity contribution in [2.75, 3.05) is 67.7 Å². The van der Waals surface area contributed by atoms with E-state index >= 15 is 0 Å². The van der Waals surface area contributed by atoms with Crippen molar-refractivity contribution in [3.8, 4) is 5.75 Å². The monoisotopic (exact) mass is 538 g/mol. The maximum absolute atomic E-state index is 14.2. The highest BCUT2D eigenvalue weighted by Crippen LogP contribution is 2.44. The molecular weight excluding hydrogens is 504 g/mol. The first-order valence-corrected chi connectivity index (χ1v) is 13.8. The zero-order valence-corrected chi connectivity index (χ0v) is 22.9. The molecule has 3 aliphatic rings. The molecule has 3 aromatic rings. The van der Waals surface area contributed by atoms with Gasteiger partial charge in [0, 0.05) is 31.9 Å². The molecule has 0 aromatic heterocycles. The van der Waals surface area contributed by atoms with Crippen LogP contribution in [0.3, 0.4) is 0 Å². The Morgan fingerprint density at radius 1 is 0.775 bits per heavy atom. The lowest BCUT2D eigenvalue weighted by molar-refractivity contribution is 0.103. The molecule has 3 aromatic carbocycles. The number of phenols is 1. The average Bonchev–Trinajstić information content (AvgIpc) is 2.98. The van der Waals surface area contributed by atoms with Crippen molar-refractivity contribution in [1.29, 1.82) is 0 Å². The molecule has 0 spiro atoms. The minimum absolute atomic E-state index is 0.0683. The number of hydrogen-bond acceptors (Lipinski definition) is 8. The van der Waals surface area contributed by atoms with Gasteiger partial charge in [-0.25, -0.2) is 4.99 Å². The number of aromatic hydroxyl groups is 1. The summed E-state index contributed by atoms with van der Waals surface area (Å²) in [7, 11) is 0. The minimum Gasteiger partial charge on any atom is -0.505 e. The summed E-state index contributed by atoms with van der Waals surface area (Å²) in [5.41, 5.74) is 7.17. The van der Waals surface area contributed by atoms with Crippen LogP contribution in [0.25, 0.3) is 0 Å². The molecule has 8 nitrogen and oxygen atoms in total. The molecule has 2 saturated heterocycles. The van der Waals surface area contributed by atoms with Crippen LogP contribution < -0.4 is 15.1 Å². The number of aryl methyl sites for hydroxylation is 2. The second kappa shape index (κ2) is 11.2. The Kier molecular flexibility index (Phi) is 7.28. The van der Waals surface area contributed by atoms with Crippen molar-refractivity contribution in [2.24, 2.45) is 4.99 Å². The van der Waals surface area contributed by atoms with Gasteiger partial charge >= 0.3 is 0 Å². The molecule has 0 atom stereocenters. The number of anilines is 3. The highest BCUT2D eigenvalue weighted by molar-refractivity contribution is 6.31. The lowest BCUT2D eigenvalue weighted by Gasteiger charge is -2.36. The van der Waals surface area contributed by atoms with Crippen LogP contribution >= 0.6 is 0 Å². The standard InChI is InChI=1S/C32H34N4O4/c1-21-3-7-23(8-4-21)33-25-19-26(34-24-9-5-22(2)6-10-24)31(37)30-27(35-11-15-39-16-12-35)20-28(32(38)29(25)30)36-13-17-40-18-14-36/h3-10,19-20,34,38H,11-18H2,1-2H3. The number of nitrogens with one attached hydrogen (secondary N) is 1. The van der Waals surface area contributed by atoms with Crippen LogP contribution in [0.4, 0.5) is 22.7 Å². The molecule has 0 amide bonds. The van der Waals surface area contributed by atoms with E-state index in [4.69, 9.17) is 14.5 Å². The number of benzene rings is 3. The highest BCUT2D eigenvalue weighted by Gasteiger charge is 2.35. The van der Waals surface area contributed by atoms with Crippen LogP contribution in [-0.4, -0.2) is 69.2 Å². The topological polar surface area (TPSA) is 86.6 Å². The van der Waals surface area contributed by atoms with Gasteiger partial charge < -0.3 is 29.7 Å². The number of Topliss-reactive ketones (excluding diaryl/α,β-unsaturated/α-hetero) is 1. The first-order chi connectivity index (χ1) is 19.5. The fraction of sp³-hybridized carbons (Fsp3) is 0.312. The van der Waals surface area contributed by atoms with E-state index in [9.17, 15) is 9.90 Å². The second-order valence-corrected chi connectivity index (χ2v) is 10.4. The number of carbonyl (C=O) groups is 1. The summed E-state index contributed by atoms with van der Waals surface area (Å²) in [5, 5.41) is 15.1. The number of morpholine rings is 2. The largest absolute Gasteiger partial charge is 0.505 e. The molecule has 0 bridgehead atoms. The van der Waals surface area contributed by atoms with Gasteiger partial charge in [0.05, 0.1) is 66.0 Å². The third-order valence-electron chi connectivity index (χ3n) is 7.59. The van der Waals surface area contributed by atoms with Crippen LogP contribution in [0.5, 0.6) is 5.75 Å². The number of phenolic OH excluding ortho intramolecular Hbond substituents is 1. The second-order valence-electron chi connectivity index (χ2n) is 10.4. The number of ketones is 1. The number of carbonyl (C=O) groups excluding carboxylic acids is 1. The predicted octanol–water partition coefficient (Wildman–Crippen LogP) is 5.00. The highest BCUT2D eigenvalue weighted by atomic mass is 16.5. The van der Waals surface area contributed by atoms with Crippen molar-refractivity contribution < 1.29 is 19.4 Å². The third kappa shape index (κ3) is 5.20. The maximum Gasteiger partial charge on any atom is 0.212 e. The Balaban J connectivity index is 1.55. The summed E-state index contributed by atoms with van der Waals surface area (Å²) in [6.07, 6.45) is 1.76. The van der Waals surface area contributed by atoms with E-state index in [1.54, 1.807) is 6.08 Å². The Labute approximate surface area is 234 Å². The Bertz CT molecular complexity index is 1470. The molecule has 40 heavy (non-hydrogen) atoms. The SMILES string of the molecule is Cc1ccc(N=C2C=C(Nc3ccc(C)cc3)C(=O)c3c(N4CCOCC4)cc(N4CCOCC4)c(O)c32)cc1. The summed E-state index contributed by atoms with van der Waals surface area (Å²) >= 11 is 0. The molecule has 0 radical (unpaired) electrons. The summed E-state index contributed by atoms with van der Waals surface area (Å²) in [5.74, 6) is -0.109. The Morgan fingerprint density at radius 3 is 1.93 bits per heavy atom. The van der Waals surface area contributed by atoms with Gasteiger partial charge in [-0.05, 0) is 50.3 Å². The molecule has 2 fully saturated rings. The summed E-state index contributed by atoms with van der Waals surface area (Å²) < 4.78 is 11.2. The van der Waals surface area contributed by atoms with E-state index < -0.39 is 0 Å². The summed E-state index contributed by atoms with van der Waals surface area (Å²) in [4.78, 5) is 23.5. The Morgan fingerprint density at radius 2 is 1.32 bits per heavy atom. The van der Waals surface area contributed by atoms with E-state index in [0.29, 0.717) is 80.8 Å². The lowest BCUT2D eigenvalue weighted by atomic mass is 9.87. The van der Waals surface area contributed by atoms with E-state index in [2.05, 4.69) is 15.1 Å². The number of ether oxygens (including phenoxy) is 2. The average molecular weight is 539 g/mol. The fourth-order valence-electron chi connectivity index (χ4n) is 5.36. The molecule has 0 unspecified atom stereocenters. The fourth-order valence-corrected chi connectivity index (χ4v) is 5.36. The first kappa shape index (κ1) is 26.1. The molecule has 2 heterocycles. The number of fused-ring (bicyclic) bond motifs is 1. The zero-order chi connectivity index (χ0) is 27.6. The van der Waals surface area contributed by atoms with Crippen molar-refractivity contribution in [1.82, 2.24) is 0 Å². The Hall–Kier alpha value is -4.14. The molecule has 2 aliphatic heterocycles. The maximum atomic E-state index is 14.2. The molecule has 0 saturated carbocycles. The van der Waals surface area contributed by atoms with E-state index in [0.717, 1.165) is 28.2 Å². The van der Waals surface area contributed by atoms with Gasteiger partial charge in [0.25, 0.3) is 0 Å². The van der Waals surface area contributed by atoms with Crippen molar-refractivity contribution in [2.45, 2.75) is 13.8 Å². The van der Waals surface area contributed by atoms with E-state index in [-0.39, 0.29) is 11.5 Å². The van der Waals surface area contributed by atoms with Gasteiger partial charge in [-0.1, -0.05) is 35.4 Å². The third-order valence-corrected chi connectivity index (χ3v) is 7.59. The molecular formula is C32H34N4O4. The number of nitrogens with zero attached hydrogens (tertiary/aromatic N) is 3.